The summed E-state index contributed by atoms with van der Waals surface area (Å²) in [6.45, 7) is 0.610. The van der Waals surface area contributed by atoms with Gasteiger partial charge in [0.2, 0.25) is 5.91 Å². The van der Waals surface area contributed by atoms with E-state index in [0.29, 0.717) is 18.0 Å². The molecule has 7 nitrogen and oxygen atoms in total. The fourth-order valence-corrected chi connectivity index (χ4v) is 2.11. The van der Waals surface area contributed by atoms with E-state index in [2.05, 4.69) is 0 Å². The number of hydrogen-bond donors (Lipinski definition) is 1. The van der Waals surface area contributed by atoms with E-state index in [1.165, 1.54) is 4.90 Å². The number of alkyl halides is 1. The molecule has 5 amide bonds. The molecular weight excluding hydrogens is 257 g/mol. The third-order valence-corrected chi connectivity index (χ3v) is 3.19. The molecule has 2 saturated heterocycles. The standard InChI is InChI=1S/C11H14FN3O4/c12-8-9(17)13-11(19)15(10(8)18)6-7(16)14-4-2-1-3-5-14/h8H,1-6H2,(H,13,17,19). The van der Waals surface area contributed by atoms with Gasteiger partial charge in [0.25, 0.3) is 18.0 Å². The molecule has 2 heterocycles. The van der Waals surface area contributed by atoms with E-state index in [1.54, 1.807) is 5.32 Å². The number of piperidine rings is 1. The molecular formula is C11H14FN3O4. The molecule has 19 heavy (non-hydrogen) atoms. The number of hydrogen-bond acceptors (Lipinski definition) is 4. The highest BCUT2D eigenvalue weighted by atomic mass is 19.1. The molecule has 0 aromatic carbocycles. The highest BCUT2D eigenvalue weighted by Gasteiger charge is 2.41. The first-order valence-electron chi connectivity index (χ1n) is 6.09. The monoisotopic (exact) mass is 271 g/mol. The Balaban J connectivity index is 2.00. The summed E-state index contributed by atoms with van der Waals surface area (Å²) in [5.41, 5.74) is 0. The summed E-state index contributed by atoms with van der Waals surface area (Å²) in [4.78, 5) is 47.6. The number of urea groups is 1. The lowest BCUT2D eigenvalue weighted by atomic mass is 10.1. The van der Waals surface area contributed by atoms with Crippen molar-refractivity contribution in [2.75, 3.05) is 19.6 Å². The van der Waals surface area contributed by atoms with Crippen LogP contribution in [0.15, 0.2) is 0 Å². The lowest BCUT2D eigenvalue weighted by molar-refractivity contribution is -0.147. The smallest absolute Gasteiger partial charge is 0.331 e. The minimum absolute atomic E-state index is 0.412. The van der Waals surface area contributed by atoms with Crippen LogP contribution in [-0.2, 0) is 14.4 Å². The molecule has 0 aliphatic carbocycles. The Morgan fingerprint density at radius 2 is 1.84 bits per heavy atom. The number of amides is 5. The molecule has 2 aliphatic heterocycles. The fourth-order valence-electron chi connectivity index (χ4n) is 2.11. The first-order chi connectivity index (χ1) is 9.00. The van der Waals surface area contributed by atoms with Gasteiger partial charge in [0.1, 0.15) is 6.54 Å². The zero-order valence-corrected chi connectivity index (χ0v) is 10.2. The average Bonchev–Trinajstić information content (AvgIpc) is 2.42. The van der Waals surface area contributed by atoms with Gasteiger partial charge in [0.15, 0.2) is 0 Å². The number of carbonyl (C=O) groups excluding carboxylic acids is 4. The van der Waals surface area contributed by atoms with Gasteiger partial charge in [-0.05, 0) is 19.3 Å². The van der Waals surface area contributed by atoms with Crippen molar-refractivity contribution in [3.8, 4) is 0 Å². The van der Waals surface area contributed by atoms with Gasteiger partial charge < -0.3 is 4.90 Å². The minimum Gasteiger partial charge on any atom is -0.341 e. The van der Waals surface area contributed by atoms with Crippen LogP contribution in [0.4, 0.5) is 9.18 Å². The molecule has 0 radical (unpaired) electrons. The van der Waals surface area contributed by atoms with E-state index in [-0.39, 0.29) is 0 Å². The Morgan fingerprint density at radius 3 is 2.47 bits per heavy atom. The summed E-state index contributed by atoms with van der Waals surface area (Å²) < 4.78 is 13.2. The van der Waals surface area contributed by atoms with E-state index in [4.69, 9.17) is 0 Å². The van der Waals surface area contributed by atoms with Gasteiger partial charge in [-0.25, -0.2) is 9.18 Å². The van der Waals surface area contributed by atoms with Gasteiger partial charge >= 0.3 is 6.03 Å². The predicted molar refractivity (Wildman–Crippen MR) is 60.6 cm³/mol. The zero-order valence-electron chi connectivity index (χ0n) is 10.2. The lowest BCUT2D eigenvalue weighted by Gasteiger charge is -2.31. The van der Waals surface area contributed by atoms with E-state index < -0.39 is 36.5 Å². The molecule has 0 aromatic rings. The molecule has 8 heteroatoms. The van der Waals surface area contributed by atoms with E-state index in [9.17, 15) is 23.6 Å². The van der Waals surface area contributed by atoms with Crippen molar-refractivity contribution >= 4 is 23.8 Å². The summed E-state index contributed by atoms with van der Waals surface area (Å²) in [6.07, 6.45) is 0.354. The summed E-state index contributed by atoms with van der Waals surface area (Å²) in [5.74, 6) is -2.97. The van der Waals surface area contributed by atoms with Crippen LogP contribution < -0.4 is 5.32 Å². The van der Waals surface area contributed by atoms with Gasteiger partial charge in [0.05, 0.1) is 0 Å². The third kappa shape index (κ3) is 2.72. The molecule has 2 rings (SSSR count). The molecule has 0 spiro atoms. The van der Waals surface area contributed by atoms with Crippen LogP contribution in [0.5, 0.6) is 0 Å². The van der Waals surface area contributed by atoms with Gasteiger partial charge in [0, 0.05) is 13.1 Å². The van der Waals surface area contributed by atoms with Crippen molar-refractivity contribution in [1.82, 2.24) is 15.1 Å². The number of nitrogens with one attached hydrogen (secondary N) is 1. The SMILES string of the molecule is O=C1NC(=O)N(CC(=O)N2CCCCC2)C(=O)C1F. The molecule has 1 N–H and O–H groups in total. The number of likely N-dealkylation sites (tertiary alicyclic amines) is 1. The second kappa shape index (κ2) is 5.33. The molecule has 2 aliphatic rings. The Kier molecular flexibility index (Phi) is 3.77. The van der Waals surface area contributed by atoms with Crippen molar-refractivity contribution in [3.05, 3.63) is 0 Å². The average molecular weight is 271 g/mol. The number of carbonyl (C=O) groups is 4. The maximum absolute atomic E-state index is 13.2. The third-order valence-electron chi connectivity index (χ3n) is 3.19. The summed E-state index contributed by atoms with van der Waals surface area (Å²) in [5, 5.41) is 1.70. The van der Waals surface area contributed by atoms with Crippen molar-refractivity contribution < 1.29 is 23.6 Å². The summed E-state index contributed by atoms with van der Waals surface area (Å²) in [6, 6.07) is -1.05. The topological polar surface area (TPSA) is 86.8 Å². The van der Waals surface area contributed by atoms with Crippen molar-refractivity contribution in [1.29, 1.82) is 0 Å². The maximum Gasteiger partial charge on any atom is 0.331 e. The summed E-state index contributed by atoms with van der Waals surface area (Å²) in [7, 11) is 0. The van der Waals surface area contributed by atoms with Crippen LogP contribution in [0.3, 0.4) is 0 Å². The molecule has 0 saturated carbocycles. The minimum atomic E-state index is -2.42. The second-order valence-electron chi connectivity index (χ2n) is 4.52. The Hall–Kier alpha value is -1.99. The van der Waals surface area contributed by atoms with Crippen LogP contribution in [0.2, 0.25) is 0 Å². The van der Waals surface area contributed by atoms with Gasteiger partial charge in [-0.15, -0.1) is 0 Å². The highest BCUT2D eigenvalue weighted by Crippen LogP contribution is 2.11. The second-order valence-corrected chi connectivity index (χ2v) is 4.52. The van der Waals surface area contributed by atoms with Gasteiger partial charge in [-0.3, -0.25) is 24.6 Å². The quantitative estimate of drug-likeness (QED) is 0.680. The number of imide groups is 2. The molecule has 1 unspecified atom stereocenters. The molecule has 0 bridgehead atoms. The Bertz CT molecular complexity index is 434. The Labute approximate surface area is 108 Å². The fraction of sp³-hybridized carbons (Fsp3) is 0.636. The summed E-state index contributed by atoms with van der Waals surface area (Å²) >= 11 is 0. The van der Waals surface area contributed by atoms with Crippen LogP contribution in [0.25, 0.3) is 0 Å². The number of rotatable bonds is 2. The normalized spacial score (nSPS) is 24.5. The molecule has 104 valence electrons. The lowest BCUT2D eigenvalue weighted by Crippen LogP contribution is -2.61. The highest BCUT2D eigenvalue weighted by molar-refractivity contribution is 6.18. The van der Waals surface area contributed by atoms with Crippen LogP contribution in [-0.4, -0.2) is 59.4 Å². The number of nitrogens with zero attached hydrogens (tertiary/aromatic N) is 2. The van der Waals surface area contributed by atoms with Gasteiger partial charge in [-0.2, -0.15) is 0 Å². The van der Waals surface area contributed by atoms with Crippen molar-refractivity contribution in [2.45, 2.75) is 25.4 Å². The Morgan fingerprint density at radius 1 is 1.21 bits per heavy atom. The molecule has 1 atom stereocenters. The molecule has 0 aromatic heterocycles. The number of halogens is 1. The van der Waals surface area contributed by atoms with Crippen molar-refractivity contribution in [3.63, 3.8) is 0 Å². The van der Waals surface area contributed by atoms with Crippen LogP contribution in [0, 0.1) is 0 Å². The van der Waals surface area contributed by atoms with E-state index >= 15 is 0 Å². The largest absolute Gasteiger partial charge is 0.341 e. The first kappa shape index (κ1) is 13.4. The molecule has 2 fully saturated rings. The zero-order chi connectivity index (χ0) is 14.0. The van der Waals surface area contributed by atoms with E-state index in [1.807, 2.05) is 0 Å². The van der Waals surface area contributed by atoms with Gasteiger partial charge in [-0.1, -0.05) is 0 Å². The first-order valence-corrected chi connectivity index (χ1v) is 6.09. The van der Waals surface area contributed by atoms with Crippen molar-refractivity contribution in [2.24, 2.45) is 0 Å². The van der Waals surface area contributed by atoms with E-state index in [0.717, 1.165) is 19.3 Å². The van der Waals surface area contributed by atoms with Crippen LogP contribution >= 0.6 is 0 Å². The maximum atomic E-state index is 13.2. The van der Waals surface area contributed by atoms with Crippen LogP contribution in [0.1, 0.15) is 19.3 Å². The number of barbiturate groups is 1. The predicted octanol–water partition coefficient (Wildman–Crippen LogP) is -0.585.